The third kappa shape index (κ3) is 3.80. The molecule has 3 rings (SSSR count). The lowest BCUT2D eigenvalue weighted by molar-refractivity contribution is 0.293. The van der Waals surface area contributed by atoms with E-state index in [1.165, 1.54) is 12.4 Å². The first kappa shape index (κ1) is 17.0. The molecule has 0 bridgehead atoms. The zero-order valence-corrected chi connectivity index (χ0v) is 14.9. The van der Waals surface area contributed by atoms with Crippen LogP contribution in [0.4, 0.5) is 5.82 Å². The summed E-state index contributed by atoms with van der Waals surface area (Å²) in [6.45, 7) is 2.28. The first-order chi connectivity index (χ1) is 11.5. The number of hydrogen-bond acceptors (Lipinski definition) is 5. The van der Waals surface area contributed by atoms with E-state index in [9.17, 15) is 0 Å². The topological polar surface area (TPSA) is 59.9 Å². The van der Waals surface area contributed by atoms with Crippen molar-refractivity contribution in [2.24, 2.45) is 0 Å². The van der Waals surface area contributed by atoms with Gasteiger partial charge in [-0.05, 0) is 25.1 Å². The van der Waals surface area contributed by atoms with Gasteiger partial charge in [0.05, 0.1) is 16.6 Å². The molecule has 0 aliphatic heterocycles. The Kier molecular flexibility index (Phi) is 5.23. The van der Waals surface area contributed by atoms with Crippen molar-refractivity contribution in [1.29, 1.82) is 0 Å². The molecule has 0 radical (unpaired) electrons. The van der Waals surface area contributed by atoms with E-state index in [1.54, 1.807) is 0 Å². The first-order valence-corrected chi connectivity index (χ1v) is 8.28. The minimum atomic E-state index is -0.0457. The molecular formula is C16H13Cl3N4O. The number of rotatable bonds is 5. The molecule has 0 saturated carbocycles. The molecule has 0 aliphatic rings. The van der Waals surface area contributed by atoms with Crippen LogP contribution in [0.15, 0.2) is 36.7 Å². The van der Waals surface area contributed by atoms with Crippen LogP contribution in [0.5, 0.6) is 5.88 Å². The van der Waals surface area contributed by atoms with Crippen LogP contribution >= 0.6 is 34.8 Å². The lowest BCUT2D eigenvalue weighted by atomic mass is 10.2. The molecule has 0 unspecified atom stereocenters. The number of hydrogen-bond donors (Lipinski definition) is 1. The Bertz CT molecular complexity index is 870. The summed E-state index contributed by atoms with van der Waals surface area (Å²) >= 11 is 17.8. The quantitative estimate of drug-likeness (QED) is 0.637. The number of para-hydroxylation sites is 1. The summed E-state index contributed by atoms with van der Waals surface area (Å²) in [4.78, 5) is 12.5. The number of fused-ring (bicyclic) bond motifs is 1. The Balaban J connectivity index is 1.70. The highest BCUT2D eigenvalue weighted by atomic mass is 35.5. The van der Waals surface area contributed by atoms with Crippen LogP contribution in [0.3, 0.4) is 0 Å². The van der Waals surface area contributed by atoms with Gasteiger partial charge in [0.1, 0.15) is 23.8 Å². The summed E-state index contributed by atoms with van der Waals surface area (Å²) < 4.78 is 5.63. The number of aromatic nitrogens is 3. The van der Waals surface area contributed by atoms with Crippen LogP contribution in [-0.4, -0.2) is 27.6 Å². The zero-order valence-electron chi connectivity index (χ0n) is 12.6. The van der Waals surface area contributed by atoms with Gasteiger partial charge in [-0.25, -0.2) is 9.97 Å². The monoisotopic (exact) mass is 382 g/mol. The van der Waals surface area contributed by atoms with Crippen LogP contribution in [-0.2, 0) is 0 Å². The minimum Gasteiger partial charge on any atom is -0.474 e. The van der Waals surface area contributed by atoms with Gasteiger partial charge in [-0.15, -0.1) is 0 Å². The van der Waals surface area contributed by atoms with E-state index < -0.39 is 0 Å². The average Bonchev–Trinajstić information content (AvgIpc) is 2.57. The lowest BCUT2D eigenvalue weighted by Crippen LogP contribution is -2.24. The fourth-order valence-electron chi connectivity index (χ4n) is 2.13. The number of benzene rings is 1. The Morgan fingerprint density at radius 2 is 1.92 bits per heavy atom. The maximum Gasteiger partial charge on any atom is 0.234 e. The number of anilines is 1. The highest BCUT2D eigenvalue weighted by Gasteiger charge is 2.12. The number of ether oxygens (including phenoxy) is 1. The van der Waals surface area contributed by atoms with Crippen LogP contribution in [0.2, 0.25) is 15.2 Å². The molecule has 1 atom stereocenters. The average molecular weight is 384 g/mol. The second-order valence-electron chi connectivity index (χ2n) is 5.14. The molecule has 0 amide bonds. The summed E-state index contributed by atoms with van der Waals surface area (Å²) in [5.41, 5.74) is 0.873. The van der Waals surface area contributed by atoms with E-state index >= 15 is 0 Å². The van der Waals surface area contributed by atoms with Crippen LogP contribution in [0.25, 0.3) is 10.9 Å². The fourth-order valence-corrected chi connectivity index (χ4v) is 2.67. The Hall–Kier alpha value is -1.82. The molecule has 5 nitrogen and oxygen atoms in total. The van der Waals surface area contributed by atoms with E-state index in [4.69, 9.17) is 39.5 Å². The van der Waals surface area contributed by atoms with E-state index in [0.29, 0.717) is 11.6 Å². The van der Waals surface area contributed by atoms with Gasteiger partial charge in [0.25, 0.3) is 0 Å². The van der Waals surface area contributed by atoms with E-state index in [0.717, 1.165) is 16.7 Å². The molecule has 2 aromatic heterocycles. The molecule has 1 N–H and O–H groups in total. The van der Waals surface area contributed by atoms with Gasteiger partial charge in [-0.2, -0.15) is 4.98 Å². The van der Waals surface area contributed by atoms with Gasteiger partial charge >= 0.3 is 0 Å². The lowest BCUT2D eigenvalue weighted by Gasteiger charge is -2.16. The van der Waals surface area contributed by atoms with Crippen molar-refractivity contribution < 1.29 is 4.74 Å². The van der Waals surface area contributed by atoms with Crippen LogP contribution in [0.1, 0.15) is 6.92 Å². The molecule has 0 fully saturated rings. The Labute approximate surface area is 153 Å². The van der Waals surface area contributed by atoms with Gasteiger partial charge in [-0.1, -0.05) is 46.9 Å². The van der Waals surface area contributed by atoms with Gasteiger partial charge in [0.15, 0.2) is 5.15 Å². The van der Waals surface area contributed by atoms with Crippen molar-refractivity contribution in [3.63, 3.8) is 0 Å². The number of pyridine rings is 1. The van der Waals surface area contributed by atoms with Gasteiger partial charge in [0, 0.05) is 5.39 Å². The predicted molar refractivity (Wildman–Crippen MR) is 97.4 cm³/mol. The van der Waals surface area contributed by atoms with Gasteiger partial charge in [-0.3, -0.25) is 0 Å². The summed E-state index contributed by atoms with van der Waals surface area (Å²) in [6, 6.07) is 9.23. The molecule has 0 saturated heterocycles. The third-order valence-electron chi connectivity index (χ3n) is 3.25. The molecule has 8 heteroatoms. The maximum atomic E-state index is 6.05. The number of nitrogens with zero attached hydrogens (tertiary/aromatic N) is 3. The highest BCUT2D eigenvalue weighted by Crippen LogP contribution is 2.30. The highest BCUT2D eigenvalue weighted by molar-refractivity contribution is 6.42. The van der Waals surface area contributed by atoms with Crippen molar-refractivity contribution in [2.45, 2.75) is 13.0 Å². The van der Waals surface area contributed by atoms with Crippen molar-refractivity contribution in [3.05, 3.63) is 51.9 Å². The molecular weight excluding hydrogens is 371 g/mol. The normalized spacial score (nSPS) is 12.2. The summed E-state index contributed by atoms with van der Waals surface area (Å²) in [5.74, 6) is 0.983. The fraction of sp³-hybridized carbons (Fsp3) is 0.188. The van der Waals surface area contributed by atoms with Crippen molar-refractivity contribution in [3.8, 4) is 5.88 Å². The molecule has 1 aromatic carbocycles. The molecule has 24 heavy (non-hydrogen) atoms. The van der Waals surface area contributed by atoms with E-state index in [-0.39, 0.29) is 22.1 Å². The van der Waals surface area contributed by atoms with Gasteiger partial charge < -0.3 is 10.1 Å². The second-order valence-corrected chi connectivity index (χ2v) is 6.32. The van der Waals surface area contributed by atoms with Crippen molar-refractivity contribution in [2.75, 3.05) is 11.9 Å². The third-order valence-corrected chi connectivity index (χ3v) is 4.19. The smallest absolute Gasteiger partial charge is 0.234 e. The largest absolute Gasteiger partial charge is 0.474 e. The van der Waals surface area contributed by atoms with E-state index in [1.807, 2.05) is 31.2 Å². The molecule has 124 valence electrons. The minimum absolute atomic E-state index is 0.0457. The maximum absolute atomic E-state index is 6.05. The predicted octanol–water partition coefficient (Wildman–Crippen LogP) is 4.86. The van der Waals surface area contributed by atoms with E-state index in [2.05, 4.69) is 20.3 Å². The molecule has 2 heterocycles. The summed E-state index contributed by atoms with van der Waals surface area (Å²) in [7, 11) is 0. The van der Waals surface area contributed by atoms with Crippen LogP contribution < -0.4 is 10.1 Å². The Morgan fingerprint density at radius 1 is 1.12 bits per heavy atom. The van der Waals surface area contributed by atoms with Crippen molar-refractivity contribution >= 4 is 51.5 Å². The Morgan fingerprint density at radius 3 is 2.75 bits per heavy atom. The van der Waals surface area contributed by atoms with Crippen LogP contribution in [0, 0.1) is 0 Å². The summed E-state index contributed by atoms with van der Waals surface area (Å²) in [5, 5.41) is 4.98. The number of nitrogens with one attached hydrogen (secondary N) is 1. The molecule has 0 spiro atoms. The first-order valence-electron chi connectivity index (χ1n) is 7.15. The van der Waals surface area contributed by atoms with Crippen molar-refractivity contribution in [1.82, 2.24) is 15.0 Å². The molecule has 3 aromatic rings. The second kappa shape index (κ2) is 7.38. The standard InChI is InChI=1S/C16H13Cl3N4O/c1-9(7-24-16-12(18)6-11(17)14(19)23-16)22-15-10-4-2-3-5-13(10)20-8-21-15/h2-6,8-9H,7H2,1H3,(H,20,21,22)/t9-/m0/s1. The SMILES string of the molecule is C[C@@H](COc1nc(Cl)c(Cl)cc1Cl)Nc1ncnc2ccccc12. The van der Waals surface area contributed by atoms with Gasteiger partial charge in [0.2, 0.25) is 5.88 Å². The number of halogens is 3. The summed E-state index contributed by atoms with van der Waals surface area (Å²) in [6.07, 6.45) is 1.52. The zero-order chi connectivity index (χ0) is 17.1. The molecule has 0 aliphatic carbocycles.